The topological polar surface area (TPSA) is 103 Å². The summed E-state index contributed by atoms with van der Waals surface area (Å²) in [7, 11) is -3.99. The monoisotopic (exact) mass is 477 g/mol. The Bertz CT molecular complexity index is 1310. The van der Waals surface area contributed by atoms with Gasteiger partial charge in [0.05, 0.1) is 4.90 Å². The van der Waals surface area contributed by atoms with Gasteiger partial charge < -0.3 is 9.15 Å². The average Bonchev–Trinajstić information content (AvgIpc) is 2.73. The van der Waals surface area contributed by atoms with Gasteiger partial charge in [0.15, 0.2) is 0 Å². The first kappa shape index (κ1) is 24.0. The molecule has 3 aromatic rings. The first-order valence-corrected chi connectivity index (χ1v) is 12.0. The molecule has 0 unspecified atom stereocenters. The molecule has 0 amide bonds. The Hall–Kier alpha value is -2.68. The minimum atomic E-state index is -3.99. The van der Waals surface area contributed by atoms with Crippen LogP contribution in [0.1, 0.15) is 31.9 Å². The molecule has 0 aliphatic carbocycles. The molecule has 0 radical (unpaired) electrons. The van der Waals surface area contributed by atoms with E-state index in [-0.39, 0.29) is 10.6 Å². The van der Waals surface area contributed by atoms with Crippen molar-refractivity contribution in [3.05, 3.63) is 69.0 Å². The summed E-state index contributed by atoms with van der Waals surface area (Å²) in [6.45, 7) is 7.01. The van der Waals surface area contributed by atoms with Crippen LogP contribution in [0.2, 0.25) is 5.02 Å². The Morgan fingerprint density at radius 1 is 1.16 bits per heavy atom. The van der Waals surface area contributed by atoms with Crippen LogP contribution in [0, 0.1) is 12.8 Å². The molecule has 9 heteroatoms. The zero-order valence-corrected chi connectivity index (χ0v) is 19.7. The zero-order valence-electron chi connectivity index (χ0n) is 18.1. The van der Waals surface area contributed by atoms with Crippen molar-refractivity contribution in [2.24, 2.45) is 5.92 Å². The molecule has 170 valence electrons. The van der Waals surface area contributed by atoms with Crippen LogP contribution in [0.3, 0.4) is 0 Å². The predicted octanol–water partition coefficient (Wildman–Crippen LogP) is 4.23. The van der Waals surface area contributed by atoms with Crippen molar-refractivity contribution in [2.45, 2.75) is 45.1 Å². The Kier molecular flexibility index (Phi) is 7.07. The van der Waals surface area contributed by atoms with Gasteiger partial charge in [-0.05, 0) is 61.2 Å². The number of carbonyl (C=O) groups excluding carboxylic acids is 1. The lowest BCUT2D eigenvalue weighted by atomic mass is 10.0. The largest absolute Gasteiger partial charge is 0.425 e. The number of rotatable bonds is 7. The minimum Gasteiger partial charge on any atom is -0.425 e. The van der Waals surface area contributed by atoms with Crippen molar-refractivity contribution in [1.82, 2.24) is 4.72 Å². The van der Waals surface area contributed by atoms with Crippen molar-refractivity contribution in [3.63, 3.8) is 0 Å². The Balaban J connectivity index is 1.91. The molecular weight excluding hydrogens is 454 g/mol. The van der Waals surface area contributed by atoms with Gasteiger partial charge >= 0.3 is 11.6 Å². The smallest absolute Gasteiger partial charge is 0.336 e. The number of aryl methyl sites for hydroxylation is 2. The van der Waals surface area contributed by atoms with Gasteiger partial charge in [-0.25, -0.2) is 18.0 Å². The number of ether oxygens (including phenoxy) is 1. The van der Waals surface area contributed by atoms with E-state index in [9.17, 15) is 18.0 Å². The second kappa shape index (κ2) is 9.44. The lowest BCUT2D eigenvalue weighted by Gasteiger charge is -2.21. The van der Waals surface area contributed by atoms with Crippen molar-refractivity contribution >= 4 is 38.6 Å². The van der Waals surface area contributed by atoms with Crippen LogP contribution in [0.15, 0.2) is 56.6 Å². The average molecular weight is 478 g/mol. The predicted molar refractivity (Wildman–Crippen MR) is 123 cm³/mol. The Morgan fingerprint density at radius 2 is 1.81 bits per heavy atom. The van der Waals surface area contributed by atoms with Gasteiger partial charge in [0.2, 0.25) is 10.0 Å². The van der Waals surface area contributed by atoms with E-state index in [1.54, 1.807) is 32.9 Å². The molecule has 0 saturated carbocycles. The van der Waals surface area contributed by atoms with Gasteiger partial charge in [0, 0.05) is 22.0 Å². The van der Waals surface area contributed by atoms with E-state index in [0.29, 0.717) is 22.6 Å². The molecule has 1 atom stereocenters. The lowest BCUT2D eigenvalue weighted by Crippen LogP contribution is -2.46. The maximum atomic E-state index is 12.9. The van der Waals surface area contributed by atoms with E-state index in [4.69, 9.17) is 20.8 Å². The number of halogens is 1. The third-order valence-electron chi connectivity index (χ3n) is 5.11. The number of fused-ring (bicyclic) bond motifs is 1. The zero-order chi connectivity index (χ0) is 23.6. The van der Waals surface area contributed by atoms with E-state index in [1.165, 1.54) is 30.3 Å². The fraction of sp³-hybridized carbons (Fsp3) is 0.304. The van der Waals surface area contributed by atoms with Gasteiger partial charge in [-0.3, -0.25) is 0 Å². The summed E-state index contributed by atoms with van der Waals surface area (Å²) in [6, 6.07) is 9.25. The number of benzene rings is 2. The van der Waals surface area contributed by atoms with Crippen molar-refractivity contribution in [3.8, 4) is 5.75 Å². The molecule has 0 aliphatic heterocycles. The fourth-order valence-electron chi connectivity index (χ4n) is 3.29. The van der Waals surface area contributed by atoms with E-state index in [1.807, 2.05) is 6.92 Å². The van der Waals surface area contributed by atoms with Crippen LogP contribution in [0.4, 0.5) is 0 Å². The molecule has 32 heavy (non-hydrogen) atoms. The summed E-state index contributed by atoms with van der Waals surface area (Å²) in [4.78, 5) is 24.8. The lowest BCUT2D eigenvalue weighted by molar-refractivity contribution is -0.137. The number of nitrogens with one attached hydrogen (secondary N) is 1. The molecule has 0 bridgehead atoms. The molecule has 3 rings (SSSR count). The van der Waals surface area contributed by atoms with E-state index < -0.39 is 33.6 Å². The van der Waals surface area contributed by atoms with Crippen molar-refractivity contribution in [2.75, 3.05) is 0 Å². The molecule has 0 fully saturated rings. The standard InChI is InChI=1S/C23H24ClNO6S/c1-5-15-12-20(26)31-22-14(4)19(11-10-18(15)22)30-23(27)21(13(2)3)25-32(28,29)17-8-6-16(24)7-9-17/h6-13,21,25H,5H2,1-4H3/t21-/m0/s1. The van der Waals surface area contributed by atoms with Crippen LogP contribution >= 0.6 is 11.6 Å². The summed E-state index contributed by atoms with van der Waals surface area (Å²) >= 11 is 5.83. The molecule has 7 nitrogen and oxygen atoms in total. The van der Waals surface area contributed by atoms with Crippen molar-refractivity contribution in [1.29, 1.82) is 0 Å². The SMILES string of the molecule is CCc1cc(=O)oc2c(C)c(OC(=O)[C@@H](NS(=O)(=O)c3ccc(Cl)cc3)C(C)C)ccc12. The van der Waals surface area contributed by atoms with Crippen LogP contribution in [0.5, 0.6) is 5.75 Å². The number of hydrogen-bond acceptors (Lipinski definition) is 6. The number of esters is 1. The molecular formula is C23H24ClNO6S. The Labute approximate surface area is 191 Å². The van der Waals surface area contributed by atoms with Crippen LogP contribution in [-0.4, -0.2) is 20.4 Å². The Morgan fingerprint density at radius 3 is 2.41 bits per heavy atom. The maximum absolute atomic E-state index is 12.9. The van der Waals surface area contributed by atoms with Crippen molar-refractivity contribution < 1.29 is 22.4 Å². The third kappa shape index (κ3) is 5.03. The van der Waals surface area contributed by atoms with Gasteiger partial charge in [-0.1, -0.05) is 32.4 Å². The summed E-state index contributed by atoms with van der Waals surface area (Å²) in [6.07, 6.45) is 0.641. The highest BCUT2D eigenvalue weighted by Crippen LogP contribution is 2.29. The molecule has 0 saturated heterocycles. The van der Waals surface area contributed by atoms with Crippen LogP contribution in [-0.2, 0) is 21.2 Å². The number of sulfonamides is 1. The number of carbonyl (C=O) groups is 1. The summed E-state index contributed by atoms with van der Waals surface area (Å²) in [5.41, 5.74) is 1.15. The van der Waals surface area contributed by atoms with Crippen LogP contribution in [0.25, 0.3) is 11.0 Å². The van der Waals surface area contributed by atoms with E-state index >= 15 is 0 Å². The molecule has 1 heterocycles. The highest BCUT2D eigenvalue weighted by Gasteiger charge is 2.30. The van der Waals surface area contributed by atoms with Gasteiger partial charge in [-0.15, -0.1) is 0 Å². The van der Waals surface area contributed by atoms with Crippen LogP contribution < -0.4 is 15.1 Å². The quantitative estimate of drug-likeness (QED) is 0.310. The third-order valence-corrected chi connectivity index (χ3v) is 6.82. The summed E-state index contributed by atoms with van der Waals surface area (Å²) < 4.78 is 38.8. The van der Waals surface area contributed by atoms with Gasteiger partial charge in [0.1, 0.15) is 17.4 Å². The van der Waals surface area contributed by atoms with E-state index in [2.05, 4.69) is 4.72 Å². The molecule has 1 N–H and O–H groups in total. The van der Waals surface area contributed by atoms with Gasteiger partial charge in [-0.2, -0.15) is 4.72 Å². The highest BCUT2D eigenvalue weighted by molar-refractivity contribution is 7.89. The molecule has 1 aromatic heterocycles. The second-order valence-corrected chi connectivity index (χ2v) is 9.88. The molecule has 2 aromatic carbocycles. The molecule has 0 spiro atoms. The second-order valence-electron chi connectivity index (χ2n) is 7.73. The maximum Gasteiger partial charge on any atom is 0.336 e. The van der Waals surface area contributed by atoms with Gasteiger partial charge in [0.25, 0.3) is 0 Å². The fourth-order valence-corrected chi connectivity index (χ4v) is 4.75. The first-order valence-electron chi connectivity index (χ1n) is 10.1. The molecule has 0 aliphatic rings. The normalized spacial score (nSPS) is 12.8. The summed E-state index contributed by atoms with van der Waals surface area (Å²) in [5, 5.41) is 1.15. The minimum absolute atomic E-state index is 0.0175. The summed E-state index contributed by atoms with van der Waals surface area (Å²) in [5.74, 6) is -0.973. The first-order chi connectivity index (χ1) is 15.0. The highest BCUT2D eigenvalue weighted by atomic mass is 35.5. The van der Waals surface area contributed by atoms with E-state index in [0.717, 1.165) is 10.9 Å². The number of hydrogen-bond donors (Lipinski definition) is 1.